The van der Waals surface area contributed by atoms with Crippen LogP contribution in [0.1, 0.15) is 5.56 Å². The summed E-state index contributed by atoms with van der Waals surface area (Å²) in [4.78, 5) is 28.7. The fourth-order valence-electron chi connectivity index (χ4n) is 2.45. The van der Waals surface area contributed by atoms with E-state index < -0.39 is 12.5 Å². The molecule has 0 saturated heterocycles. The van der Waals surface area contributed by atoms with E-state index in [1.54, 1.807) is 19.2 Å². The molecular weight excluding hydrogens is 428 g/mol. The van der Waals surface area contributed by atoms with Crippen molar-refractivity contribution in [3.63, 3.8) is 0 Å². The Labute approximate surface area is 159 Å². The highest BCUT2D eigenvalue weighted by Crippen LogP contribution is 2.17. The van der Waals surface area contributed by atoms with E-state index in [1.807, 2.05) is 0 Å². The smallest absolute Gasteiger partial charge is 0.387 e. The van der Waals surface area contributed by atoms with Crippen LogP contribution in [0.3, 0.4) is 0 Å². The zero-order chi connectivity index (χ0) is 19.6. The molecule has 3 rings (SSSR count). The highest BCUT2D eigenvalue weighted by molar-refractivity contribution is 9.10. The van der Waals surface area contributed by atoms with Gasteiger partial charge in [-0.1, -0.05) is 12.1 Å². The van der Waals surface area contributed by atoms with Gasteiger partial charge in [-0.25, -0.2) is 9.67 Å². The molecule has 1 N–H and O–H groups in total. The van der Waals surface area contributed by atoms with Crippen LogP contribution in [0.2, 0.25) is 0 Å². The Morgan fingerprint density at radius 2 is 2.04 bits per heavy atom. The van der Waals surface area contributed by atoms with Crippen LogP contribution in [0.25, 0.3) is 11.0 Å². The molecule has 1 aromatic carbocycles. The summed E-state index contributed by atoms with van der Waals surface area (Å²) in [6, 6.07) is 5.89. The van der Waals surface area contributed by atoms with Crippen molar-refractivity contribution in [2.75, 3.05) is 0 Å². The SMILES string of the molecule is Cn1nc(Br)c2c(=O)n(CC(=O)NCc3ccc(OC(F)F)cc3)cnc21. The van der Waals surface area contributed by atoms with Crippen LogP contribution in [0.5, 0.6) is 5.75 Å². The van der Waals surface area contributed by atoms with Crippen molar-refractivity contribution >= 4 is 32.9 Å². The molecule has 0 unspecified atom stereocenters. The van der Waals surface area contributed by atoms with Crippen LogP contribution in [-0.4, -0.2) is 31.9 Å². The van der Waals surface area contributed by atoms with Gasteiger partial charge in [0.15, 0.2) is 5.65 Å². The molecule has 0 bridgehead atoms. The van der Waals surface area contributed by atoms with Gasteiger partial charge in [0, 0.05) is 13.6 Å². The molecule has 27 heavy (non-hydrogen) atoms. The average Bonchev–Trinajstić information content (AvgIpc) is 2.91. The number of aryl methyl sites for hydroxylation is 1. The second-order valence-electron chi connectivity index (χ2n) is 5.59. The third-order valence-electron chi connectivity index (χ3n) is 3.72. The monoisotopic (exact) mass is 441 g/mol. The van der Waals surface area contributed by atoms with Crippen molar-refractivity contribution in [2.45, 2.75) is 19.7 Å². The summed E-state index contributed by atoms with van der Waals surface area (Å²) in [5.41, 5.74) is 0.721. The molecule has 0 atom stereocenters. The van der Waals surface area contributed by atoms with E-state index in [0.717, 1.165) is 0 Å². The molecule has 0 aliphatic heterocycles. The zero-order valence-electron chi connectivity index (χ0n) is 14.0. The normalized spacial score (nSPS) is 11.1. The lowest BCUT2D eigenvalue weighted by Crippen LogP contribution is -2.32. The van der Waals surface area contributed by atoms with E-state index in [4.69, 9.17) is 0 Å². The molecule has 0 aliphatic carbocycles. The van der Waals surface area contributed by atoms with Crippen molar-refractivity contribution in [2.24, 2.45) is 7.05 Å². The van der Waals surface area contributed by atoms with Crippen LogP contribution in [-0.2, 0) is 24.9 Å². The molecule has 0 saturated carbocycles. The lowest BCUT2D eigenvalue weighted by molar-refractivity contribution is -0.121. The number of rotatable bonds is 6. The van der Waals surface area contributed by atoms with Crippen LogP contribution < -0.4 is 15.6 Å². The lowest BCUT2D eigenvalue weighted by atomic mass is 10.2. The molecule has 1 amide bonds. The van der Waals surface area contributed by atoms with Gasteiger partial charge >= 0.3 is 6.61 Å². The lowest BCUT2D eigenvalue weighted by Gasteiger charge is -2.08. The van der Waals surface area contributed by atoms with Crippen LogP contribution >= 0.6 is 15.9 Å². The predicted molar refractivity (Wildman–Crippen MR) is 95.4 cm³/mol. The number of nitrogens with one attached hydrogen (secondary N) is 1. The Morgan fingerprint density at radius 3 is 2.70 bits per heavy atom. The Morgan fingerprint density at radius 1 is 1.33 bits per heavy atom. The first kappa shape index (κ1) is 19.0. The van der Waals surface area contributed by atoms with Gasteiger partial charge in [0.05, 0.1) is 0 Å². The Balaban J connectivity index is 1.64. The summed E-state index contributed by atoms with van der Waals surface area (Å²) in [6.45, 7) is -2.93. The fraction of sp³-hybridized carbons (Fsp3) is 0.250. The summed E-state index contributed by atoms with van der Waals surface area (Å²) < 4.78 is 31.5. The molecule has 0 spiro atoms. The Kier molecular flexibility index (Phi) is 5.49. The van der Waals surface area contributed by atoms with Crippen molar-refractivity contribution in [3.8, 4) is 5.75 Å². The summed E-state index contributed by atoms with van der Waals surface area (Å²) in [5.74, 6) is -0.362. The van der Waals surface area contributed by atoms with E-state index >= 15 is 0 Å². The van der Waals surface area contributed by atoms with E-state index in [9.17, 15) is 18.4 Å². The molecule has 8 nitrogen and oxygen atoms in total. The van der Waals surface area contributed by atoms with E-state index in [0.29, 0.717) is 21.2 Å². The first-order valence-electron chi connectivity index (χ1n) is 7.73. The quantitative estimate of drug-likeness (QED) is 0.629. The van der Waals surface area contributed by atoms with E-state index in [-0.39, 0.29) is 24.4 Å². The maximum atomic E-state index is 12.5. The highest BCUT2D eigenvalue weighted by Gasteiger charge is 2.15. The molecule has 142 valence electrons. The van der Waals surface area contributed by atoms with Gasteiger partial charge < -0.3 is 10.1 Å². The molecule has 0 radical (unpaired) electrons. The fourth-order valence-corrected chi connectivity index (χ4v) is 3.03. The number of amides is 1. The van der Waals surface area contributed by atoms with E-state index in [2.05, 4.69) is 36.1 Å². The molecule has 11 heteroatoms. The highest BCUT2D eigenvalue weighted by atomic mass is 79.9. The number of fused-ring (bicyclic) bond motifs is 1. The minimum atomic E-state index is -2.89. The Bertz CT molecular complexity index is 1030. The third-order valence-corrected chi connectivity index (χ3v) is 4.28. The zero-order valence-corrected chi connectivity index (χ0v) is 15.6. The third kappa shape index (κ3) is 4.30. The van der Waals surface area contributed by atoms with Crippen molar-refractivity contribution in [1.29, 1.82) is 0 Å². The van der Waals surface area contributed by atoms with Gasteiger partial charge in [-0.05, 0) is 33.6 Å². The van der Waals surface area contributed by atoms with Gasteiger partial charge in [-0.2, -0.15) is 13.9 Å². The molecule has 2 heterocycles. The summed E-state index contributed by atoms with van der Waals surface area (Å²) in [6.07, 6.45) is 1.29. The number of carbonyl (C=O) groups excluding carboxylic acids is 1. The van der Waals surface area contributed by atoms with Gasteiger partial charge in [0.2, 0.25) is 5.91 Å². The molecular formula is C16H14BrF2N5O3. The molecule has 0 aliphatic rings. The predicted octanol–water partition coefficient (Wildman–Crippen LogP) is 1.81. The topological polar surface area (TPSA) is 91.0 Å². The van der Waals surface area contributed by atoms with E-state index in [1.165, 1.54) is 27.7 Å². The standard InChI is InChI=1S/C16H14BrF2N5O3/c1-23-14-12(13(17)22-23)15(26)24(8-21-14)7-11(25)20-6-9-2-4-10(5-3-9)27-16(18)19/h2-5,8,16H,6-7H2,1H3,(H,20,25). The maximum Gasteiger partial charge on any atom is 0.387 e. The number of alkyl halides is 2. The number of hydrogen-bond acceptors (Lipinski definition) is 5. The van der Waals surface area contributed by atoms with Gasteiger partial charge in [0.1, 0.15) is 28.6 Å². The van der Waals surface area contributed by atoms with Crippen molar-refractivity contribution in [1.82, 2.24) is 24.6 Å². The Hall–Kier alpha value is -2.82. The van der Waals surface area contributed by atoms with Crippen LogP contribution in [0, 0.1) is 0 Å². The summed E-state index contributed by atoms with van der Waals surface area (Å²) in [5, 5.41) is 7.02. The van der Waals surface area contributed by atoms with Crippen LogP contribution in [0.4, 0.5) is 8.78 Å². The van der Waals surface area contributed by atoms with Gasteiger partial charge in [-0.15, -0.1) is 0 Å². The molecule has 0 fully saturated rings. The molecule has 2 aromatic heterocycles. The first-order chi connectivity index (χ1) is 12.8. The van der Waals surface area contributed by atoms with Gasteiger partial charge in [-0.3, -0.25) is 14.2 Å². The van der Waals surface area contributed by atoms with Crippen LogP contribution in [0.15, 0.2) is 40.0 Å². The first-order valence-corrected chi connectivity index (χ1v) is 8.52. The summed E-state index contributed by atoms with van der Waals surface area (Å²) in [7, 11) is 1.66. The number of benzene rings is 1. The van der Waals surface area contributed by atoms with Crippen molar-refractivity contribution < 1.29 is 18.3 Å². The maximum absolute atomic E-state index is 12.5. The number of nitrogens with zero attached hydrogens (tertiary/aromatic N) is 4. The van der Waals surface area contributed by atoms with Gasteiger partial charge in [0.25, 0.3) is 5.56 Å². The second-order valence-corrected chi connectivity index (χ2v) is 6.34. The minimum Gasteiger partial charge on any atom is -0.435 e. The summed E-state index contributed by atoms with van der Waals surface area (Å²) >= 11 is 3.21. The minimum absolute atomic E-state index is 0.0352. The number of halogens is 3. The number of carbonyl (C=O) groups is 1. The molecule has 3 aromatic rings. The van der Waals surface area contributed by atoms with Crippen molar-refractivity contribution in [3.05, 3.63) is 51.1 Å². The largest absolute Gasteiger partial charge is 0.435 e. The number of aromatic nitrogens is 4. The average molecular weight is 442 g/mol. The number of hydrogen-bond donors (Lipinski definition) is 1. The second kappa shape index (κ2) is 7.82. The number of ether oxygens (including phenoxy) is 1.